The van der Waals surface area contributed by atoms with Gasteiger partial charge in [0.15, 0.2) is 0 Å². The zero-order valence-corrected chi connectivity index (χ0v) is 11.1. The summed E-state index contributed by atoms with van der Waals surface area (Å²) in [7, 11) is 2.95. The molecule has 0 aliphatic heterocycles. The van der Waals surface area contributed by atoms with E-state index in [0.29, 0.717) is 32.5 Å². The monoisotopic (exact) mass is 268 g/mol. The van der Waals surface area contributed by atoms with E-state index in [4.69, 9.17) is 4.74 Å². The van der Waals surface area contributed by atoms with E-state index < -0.39 is 0 Å². The van der Waals surface area contributed by atoms with Crippen LogP contribution in [0.25, 0.3) is 0 Å². The van der Waals surface area contributed by atoms with Crippen LogP contribution in [0.15, 0.2) is 0 Å². The van der Waals surface area contributed by atoms with Gasteiger partial charge < -0.3 is 20.1 Å². The second kappa shape index (κ2) is 13.2. The van der Waals surface area contributed by atoms with Crippen LogP contribution >= 0.6 is 12.4 Å². The van der Waals surface area contributed by atoms with Gasteiger partial charge in [-0.05, 0) is 6.42 Å². The first-order valence-corrected chi connectivity index (χ1v) is 5.24. The Kier molecular flexibility index (Phi) is 14.4. The van der Waals surface area contributed by atoms with Gasteiger partial charge in [-0.1, -0.05) is 0 Å². The van der Waals surface area contributed by atoms with Crippen molar-refractivity contribution in [3.63, 3.8) is 0 Å². The predicted octanol–water partition coefficient (Wildman–Crippen LogP) is -0.286. The maximum absolute atomic E-state index is 11.2. The average molecular weight is 269 g/mol. The summed E-state index contributed by atoms with van der Waals surface area (Å²) in [5, 5.41) is 5.61. The van der Waals surface area contributed by atoms with Crippen LogP contribution in [-0.4, -0.2) is 52.3 Å². The molecule has 0 saturated carbocycles. The second-order valence-electron chi connectivity index (χ2n) is 3.20. The van der Waals surface area contributed by atoms with Gasteiger partial charge in [-0.2, -0.15) is 0 Å². The Morgan fingerprint density at radius 2 is 1.88 bits per heavy atom. The molecule has 0 aromatic heterocycles. The molecule has 2 N–H and O–H groups in total. The first kappa shape index (κ1) is 18.5. The number of hydrogen-bond donors (Lipinski definition) is 2. The summed E-state index contributed by atoms with van der Waals surface area (Å²) in [6.07, 6.45) is 0.921. The quantitative estimate of drug-likeness (QED) is 0.444. The normalized spacial score (nSPS) is 9.29. The van der Waals surface area contributed by atoms with Crippen molar-refractivity contribution in [3.8, 4) is 0 Å². The summed E-state index contributed by atoms with van der Waals surface area (Å²) in [4.78, 5) is 21.9. The molecule has 0 aliphatic rings. The number of esters is 1. The van der Waals surface area contributed by atoms with Crippen molar-refractivity contribution < 1.29 is 19.1 Å². The zero-order chi connectivity index (χ0) is 12.2. The molecule has 0 aromatic rings. The number of carbonyl (C=O) groups is 2. The Hall–Kier alpha value is -0.850. The van der Waals surface area contributed by atoms with Crippen LogP contribution in [0.5, 0.6) is 0 Å². The van der Waals surface area contributed by atoms with E-state index in [2.05, 4.69) is 15.4 Å². The molecule has 0 rings (SSSR count). The van der Waals surface area contributed by atoms with Crippen LogP contribution < -0.4 is 10.6 Å². The Labute approximate surface area is 108 Å². The third kappa shape index (κ3) is 13.1. The molecule has 0 spiro atoms. The molecule has 0 fully saturated rings. The first-order chi connectivity index (χ1) is 7.70. The van der Waals surface area contributed by atoms with Crippen molar-refractivity contribution in [2.45, 2.75) is 12.8 Å². The van der Waals surface area contributed by atoms with Crippen molar-refractivity contribution in [2.75, 3.05) is 40.5 Å². The minimum absolute atomic E-state index is 0. The van der Waals surface area contributed by atoms with E-state index in [1.165, 1.54) is 7.11 Å². The van der Waals surface area contributed by atoms with Gasteiger partial charge in [0.1, 0.15) is 0 Å². The van der Waals surface area contributed by atoms with Crippen molar-refractivity contribution >= 4 is 24.3 Å². The molecule has 17 heavy (non-hydrogen) atoms. The van der Waals surface area contributed by atoms with E-state index in [1.54, 1.807) is 7.11 Å². The minimum atomic E-state index is -0.257. The van der Waals surface area contributed by atoms with E-state index >= 15 is 0 Å². The van der Waals surface area contributed by atoms with E-state index in [-0.39, 0.29) is 30.8 Å². The molecule has 0 saturated heterocycles. The van der Waals surface area contributed by atoms with Gasteiger partial charge in [0, 0.05) is 26.6 Å². The summed E-state index contributed by atoms with van der Waals surface area (Å²) < 4.78 is 9.29. The highest BCUT2D eigenvalue weighted by molar-refractivity contribution is 5.85. The van der Waals surface area contributed by atoms with E-state index in [0.717, 1.165) is 0 Å². The van der Waals surface area contributed by atoms with Gasteiger partial charge in [-0.3, -0.25) is 9.59 Å². The fourth-order valence-electron chi connectivity index (χ4n) is 1.00. The Bertz CT molecular complexity index is 214. The third-order valence-corrected chi connectivity index (χ3v) is 1.88. The van der Waals surface area contributed by atoms with Gasteiger partial charge in [-0.15, -0.1) is 12.4 Å². The molecular weight excluding hydrogens is 248 g/mol. The van der Waals surface area contributed by atoms with Gasteiger partial charge in [0.25, 0.3) is 0 Å². The summed E-state index contributed by atoms with van der Waals surface area (Å²) in [5.41, 5.74) is 0. The number of hydrogen-bond acceptors (Lipinski definition) is 5. The standard InChI is InChI=1S/C10H20N2O4.ClH/c1-15-7-6-11-8-9(13)12-5-3-4-10(14)16-2;/h11H,3-8H2,1-2H3,(H,12,13);1H. The fraction of sp³-hybridized carbons (Fsp3) is 0.800. The summed E-state index contributed by atoms with van der Waals surface area (Å²) in [6, 6.07) is 0. The highest BCUT2D eigenvalue weighted by Crippen LogP contribution is 1.89. The summed E-state index contributed by atoms with van der Waals surface area (Å²) >= 11 is 0. The van der Waals surface area contributed by atoms with Crippen molar-refractivity contribution in [3.05, 3.63) is 0 Å². The molecule has 6 nitrogen and oxygen atoms in total. The third-order valence-electron chi connectivity index (χ3n) is 1.88. The second-order valence-corrected chi connectivity index (χ2v) is 3.20. The van der Waals surface area contributed by atoms with Gasteiger partial charge in [0.2, 0.25) is 5.91 Å². The molecule has 102 valence electrons. The number of carbonyl (C=O) groups excluding carboxylic acids is 2. The smallest absolute Gasteiger partial charge is 0.305 e. The van der Waals surface area contributed by atoms with Crippen molar-refractivity contribution in [2.24, 2.45) is 0 Å². The molecule has 0 atom stereocenters. The first-order valence-electron chi connectivity index (χ1n) is 5.24. The molecule has 0 radical (unpaired) electrons. The highest BCUT2D eigenvalue weighted by Gasteiger charge is 2.02. The fourth-order valence-corrected chi connectivity index (χ4v) is 1.00. The number of halogens is 1. The molecule has 0 bridgehead atoms. The zero-order valence-electron chi connectivity index (χ0n) is 10.3. The maximum atomic E-state index is 11.2. The molecule has 0 aliphatic carbocycles. The number of methoxy groups -OCH3 is 2. The number of rotatable bonds is 9. The van der Waals surface area contributed by atoms with Gasteiger partial charge in [0.05, 0.1) is 20.3 Å². The lowest BCUT2D eigenvalue weighted by Crippen LogP contribution is -2.35. The Morgan fingerprint density at radius 1 is 1.18 bits per heavy atom. The van der Waals surface area contributed by atoms with Crippen molar-refractivity contribution in [1.29, 1.82) is 0 Å². The van der Waals surface area contributed by atoms with Crippen LogP contribution in [-0.2, 0) is 19.1 Å². The van der Waals surface area contributed by atoms with Crippen LogP contribution in [0, 0.1) is 0 Å². The van der Waals surface area contributed by atoms with Crippen molar-refractivity contribution in [1.82, 2.24) is 10.6 Å². The Balaban J connectivity index is 0. The van der Waals surface area contributed by atoms with E-state index in [9.17, 15) is 9.59 Å². The molecule has 0 unspecified atom stereocenters. The largest absolute Gasteiger partial charge is 0.469 e. The van der Waals surface area contributed by atoms with Crippen LogP contribution in [0.4, 0.5) is 0 Å². The van der Waals surface area contributed by atoms with E-state index in [1.807, 2.05) is 0 Å². The molecular formula is C10H21ClN2O4. The topological polar surface area (TPSA) is 76.7 Å². The minimum Gasteiger partial charge on any atom is -0.469 e. The van der Waals surface area contributed by atoms with Crippen LogP contribution in [0.3, 0.4) is 0 Å². The SMILES string of the molecule is COCCNCC(=O)NCCCC(=O)OC.Cl. The lowest BCUT2D eigenvalue weighted by molar-refractivity contribution is -0.140. The summed E-state index contributed by atoms with van der Waals surface area (Å²) in [6.45, 7) is 1.98. The number of amides is 1. The lowest BCUT2D eigenvalue weighted by Gasteiger charge is -2.05. The predicted molar refractivity (Wildman–Crippen MR) is 66.3 cm³/mol. The number of nitrogens with one attached hydrogen (secondary N) is 2. The van der Waals surface area contributed by atoms with Crippen LogP contribution in [0.1, 0.15) is 12.8 Å². The maximum Gasteiger partial charge on any atom is 0.305 e. The van der Waals surface area contributed by atoms with Gasteiger partial charge >= 0.3 is 5.97 Å². The summed E-state index contributed by atoms with van der Waals surface area (Å²) in [5.74, 6) is -0.339. The molecule has 0 aromatic carbocycles. The molecule has 1 amide bonds. The van der Waals surface area contributed by atoms with Crippen LogP contribution in [0.2, 0.25) is 0 Å². The van der Waals surface area contributed by atoms with Gasteiger partial charge in [-0.25, -0.2) is 0 Å². The highest BCUT2D eigenvalue weighted by atomic mass is 35.5. The molecule has 7 heteroatoms. The number of ether oxygens (including phenoxy) is 2. The Morgan fingerprint density at radius 3 is 2.47 bits per heavy atom. The lowest BCUT2D eigenvalue weighted by atomic mass is 10.3. The average Bonchev–Trinajstić information content (AvgIpc) is 2.30. The molecule has 0 heterocycles.